The highest BCUT2D eigenvalue weighted by Crippen LogP contribution is 2.43. The van der Waals surface area contributed by atoms with Crippen LogP contribution in [-0.2, 0) is 22.9 Å². The van der Waals surface area contributed by atoms with E-state index in [1.807, 2.05) is 0 Å². The van der Waals surface area contributed by atoms with E-state index in [0.29, 0.717) is 0 Å². The molecule has 0 saturated carbocycles. The van der Waals surface area contributed by atoms with Crippen LogP contribution in [0.5, 0.6) is 0 Å². The molecule has 1 aliphatic heterocycles. The fourth-order valence-corrected chi connectivity index (χ4v) is 3.64. The van der Waals surface area contributed by atoms with Crippen LogP contribution in [0.3, 0.4) is 0 Å². The number of nitrogens with two attached hydrogens (primary N) is 2. The Balaban J connectivity index is 1.97. The Bertz CT molecular complexity index is 1030. The van der Waals surface area contributed by atoms with Gasteiger partial charge in [0, 0.05) is 0 Å². The molecule has 9 N–H and O–H groups in total. The molecule has 0 spiro atoms. The van der Waals surface area contributed by atoms with Crippen LogP contribution in [0.2, 0.25) is 0 Å². The molecule has 2 aromatic heterocycles. The maximum Gasteiger partial charge on any atom is 0.469 e. The minimum absolute atomic E-state index is 0.0828. The minimum Gasteiger partial charge on any atom is -0.386 e. The summed E-state index contributed by atoms with van der Waals surface area (Å²) in [6.07, 6.45) is -5.03. The normalized spacial score (nSPS) is 27.9. The van der Waals surface area contributed by atoms with E-state index in [9.17, 15) is 23.9 Å². The molecule has 1 aliphatic rings. The number of aromatic amines is 1. The first-order valence-electron chi connectivity index (χ1n) is 7.41. The van der Waals surface area contributed by atoms with Gasteiger partial charge >= 0.3 is 15.6 Å². The van der Waals surface area contributed by atoms with E-state index in [1.54, 1.807) is 0 Å². The van der Waals surface area contributed by atoms with E-state index in [1.165, 1.54) is 0 Å². The van der Waals surface area contributed by atoms with Crippen LogP contribution in [0.15, 0.2) is 11.1 Å². The molecule has 5 atom stereocenters. The fraction of sp³-hybridized carbons (Fsp3) is 0.500. The molecule has 0 aromatic carbocycles. The zero-order chi connectivity index (χ0) is 20.9. The number of phosphoric ester groups is 1. The minimum atomic E-state index is -4.92. The molecule has 3 heterocycles. The number of anilines is 1. The summed E-state index contributed by atoms with van der Waals surface area (Å²) in [6.45, 7) is -0.814. The molecule has 1 fully saturated rings. The van der Waals surface area contributed by atoms with Gasteiger partial charge in [0.05, 0.1) is 12.9 Å². The monoisotopic (exact) mass is 442 g/mol. The quantitative estimate of drug-likeness (QED) is 0.228. The summed E-state index contributed by atoms with van der Waals surface area (Å²) in [6, 6.07) is 0. The number of nitrogens with one attached hydrogen (secondary N) is 1. The highest BCUT2D eigenvalue weighted by molar-refractivity contribution is 7.50. The first-order valence-corrected chi connectivity index (χ1v) is 10.6. The van der Waals surface area contributed by atoms with Crippen LogP contribution in [-0.4, -0.2) is 64.2 Å². The van der Waals surface area contributed by atoms with Crippen LogP contribution < -0.4 is 16.8 Å². The van der Waals surface area contributed by atoms with Gasteiger partial charge in [0.25, 0.3) is 5.56 Å². The average molecular weight is 442 g/mol. The molecule has 156 valence electrons. The lowest BCUT2D eigenvalue weighted by atomic mass is 10.1. The second-order valence-corrected chi connectivity index (χ2v) is 8.33. The Morgan fingerprint density at radius 2 is 2.04 bits per heavy atom. The largest absolute Gasteiger partial charge is 0.469 e. The van der Waals surface area contributed by atoms with Crippen molar-refractivity contribution in [3.63, 3.8) is 0 Å². The summed E-state index contributed by atoms with van der Waals surface area (Å²) in [5.74, 6) is -0.247. The Kier molecular flexibility index (Phi) is 5.46. The molecule has 0 radical (unpaired) electrons. The van der Waals surface area contributed by atoms with Crippen molar-refractivity contribution in [2.45, 2.75) is 24.5 Å². The van der Waals surface area contributed by atoms with E-state index in [-0.39, 0.29) is 17.1 Å². The Hall–Kier alpha value is -1.71. The zero-order valence-corrected chi connectivity index (χ0v) is 15.5. The van der Waals surface area contributed by atoms with Crippen molar-refractivity contribution in [3.05, 3.63) is 16.7 Å². The lowest BCUT2D eigenvalue weighted by molar-refractivity contribution is -0.0498. The highest BCUT2D eigenvalue weighted by Gasteiger charge is 2.49. The van der Waals surface area contributed by atoms with E-state index in [2.05, 4.69) is 19.5 Å². The van der Waals surface area contributed by atoms with Crippen molar-refractivity contribution >= 4 is 32.7 Å². The van der Waals surface area contributed by atoms with Gasteiger partial charge in [0.15, 0.2) is 17.4 Å². The molecule has 18 heteroatoms. The standard InChI is InChI=1S/C10H16N6O10P2/c11-10-14-7-4(8(18)15-10)13-2-16(7)9-5(17)6(26-27(12,19)20)3(25-9)1-24-28(21,22)23/h2-3,5-6,9,17H,1H2,(H3,12,19,20)(H2,21,22,23)(H3,11,14,15,18)/t3-,5-,6-,9-/m1/s1. The number of nitrogen functional groups attached to an aromatic ring is 1. The molecular formula is C10H16N6O10P2. The molecule has 1 unspecified atom stereocenters. The number of phosphoric acid groups is 1. The van der Waals surface area contributed by atoms with Gasteiger partial charge in [-0.25, -0.2) is 19.6 Å². The lowest BCUT2D eigenvalue weighted by Crippen LogP contribution is -2.36. The van der Waals surface area contributed by atoms with Crippen LogP contribution in [0, 0.1) is 0 Å². The maximum absolute atomic E-state index is 11.9. The maximum atomic E-state index is 11.9. The van der Waals surface area contributed by atoms with Crippen molar-refractivity contribution < 1.29 is 42.7 Å². The number of ether oxygens (including phenoxy) is 1. The summed E-state index contributed by atoms with van der Waals surface area (Å²) >= 11 is 0. The fourth-order valence-electron chi connectivity index (χ4n) is 2.69. The summed E-state index contributed by atoms with van der Waals surface area (Å²) in [5, 5.41) is 10.5. The number of H-pyrrole nitrogens is 1. The summed E-state index contributed by atoms with van der Waals surface area (Å²) in [4.78, 5) is 48.8. The van der Waals surface area contributed by atoms with Crippen molar-refractivity contribution in [1.29, 1.82) is 0 Å². The van der Waals surface area contributed by atoms with Gasteiger partial charge in [-0.15, -0.1) is 0 Å². The number of hydrogen-bond acceptors (Lipinski definition) is 10. The lowest BCUT2D eigenvalue weighted by Gasteiger charge is -2.21. The average Bonchev–Trinajstić information content (AvgIpc) is 3.06. The molecule has 0 amide bonds. The predicted octanol–water partition coefficient (Wildman–Crippen LogP) is -2.49. The molecule has 3 rings (SSSR count). The smallest absolute Gasteiger partial charge is 0.386 e. The van der Waals surface area contributed by atoms with E-state index < -0.39 is 52.3 Å². The molecule has 28 heavy (non-hydrogen) atoms. The van der Waals surface area contributed by atoms with Gasteiger partial charge in [-0.05, 0) is 0 Å². The predicted molar refractivity (Wildman–Crippen MR) is 89.4 cm³/mol. The second kappa shape index (κ2) is 7.27. The second-order valence-electron chi connectivity index (χ2n) is 5.75. The van der Waals surface area contributed by atoms with Gasteiger partial charge in [-0.2, -0.15) is 4.98 Å². The van der Waals surface area contributed by atoms with Gasteiger partial charge in [0.1, 0.15) is 18.3 Å². The summed E-state index contributed by atoms with van der Waals surface area (Å²) in [7, 11) is -9.55. The van der Waals surface area contributed by atoms with Gasteiger partial charge in [-0.3, -0.25) is 23.4 Å². The number of fused-ring (bicyclic) bond motifs is 1. The van der Waals surface area contributed by atoms with E-state index >= 15 is 0 Å². The number of imidazole rings is 1. The Morgan fingerprint density at radius 1 is 1.36 bits per heavy atom. The SMILES string of the molecule is Nc1nc2c(ncn2[C@@H]2O[C@H](COP(=O)(O)O)[C@@H](OP(N)(=O)O)[C@H]2O)c(=O)[nH]1. The summed E-state index contributed by atoms with van der Waals surface area (Å²) < 4.78 is 37.9. The number of aliphatic hydroxyl groups excluding tert-OH is 1. The van der Waals surface area contributed by atoms with Gasteiger partial charge in [0.2, 0.25) is 5.95 Å². The third-order valence-electron chi connectivity index (χ3n) is 3.71. The molecule has 0 bridgehead atoms. The number of aliphatic hydroxyl groups is 1. The third kappa shape index (κ3) is 4.47. The van der Waals surface area contributed by atoms with Crippen molar-refractivity contribution in [1.82, 2.24) is 19.5 Å². The van der Waals surface area contributed by atoms with Crippen molar-refractivity contribution in [2.24, 2.45) is 5.50 Å². The molecule has 2 aromatic rings. The van der Waals surface area contributed by atoms with Gasteiger partial charge in [-0.1, -0.05) is 0 Å². The van der Waals surface area contributed by atoms with Gasteiger partial charge < -0.3 is 30.3 Å². The van der Waals surface area contributed by atoms with Crippen LogP contribution in [0.1, 0.15) is 6.23 Å². The Labute approximate surface area is 154 Å². The molecule has 1 saturated heterocycles. The van der Waals surface area contributed by atoms with Crippen LogP contribution in [0.4, 0.5) is 5.95 Å². The first-order chi connectivity index (χ1) is 12.9. The third-order valence-corrected chi connectivity index (χ3v) is 4.74. The molecule has 16 nitrogen and oxygen atoms in total. The van der Waals surface area contributed by atoms with Crippen molar-refractivity contribution in [3.8, 4) is 0 Å². The number of aromatic nitrogens is 4. The van der Waals surface area contributed by atoms with E-state index in [4.69, 9.17) is 30.3 Å². The van der Waals surface area contributed by atoms with Crippen LogP contribution in [0.25, 0.3) is 11.2 Å². The first kappa shape index (κ1) is 21.0. The van der Waals surface area contributed by atoms with Crippen LogP contribution >= 0.6 is 15.6 Å². The molecule has 0 aliphatic carbocycles. The number of nitrogens with zero attached hydrogens (tertiary/aromatic N) is 3. The van der Waals surface area contributed by atoms with Crippen molar-refractivity contribution in [2.75, 3.05) is 12.3 Å². The number of hydrogen-bond donors (Lipinski definition) is 7. The Morgan fingerprint density at radius 3 is 2.64 bits per heavy atom. The topological polar surface area (TPSA) is 258 Å². The summed E-state index contributed by atoms with van der Waals surface area (Å²) in [5.41, 5.74) is 9.56. The van der Waals surface area contributed by atoms with E-state index in [0.717, 1.165) is 10.9 Å². The highest BCUT2D eigenvalue weighted by atomic mass is 31.2. The molecular weight excluding hydrogens is 426 g/mol. The zero-order valence-electron chi connectivity index (χ0n) is 13.7. The number of rotatable bonds is 6.